The van der Waals surface area contributed by atoms with Crippen molar-refractivity contribution in [2.45, 2.75) is 46.1 Å². The first-order valence-corrected chi connectivity index (χ1v) is 11.1. The van der Waals surface area contributed by atoms with Gasteiger partial charge in [0.25, 0.3) is 0 Å². The van der Waals surface area contributed by atoms with Crippen molar-refractivity contribution in [3.05, 3.63) is 58.7 Å². The smallest absolute Gasteiger partial charge is 0.410 e. The number of Topliss-reactive ketones (excluding diaryl/α,β-unsaturated/α-hetero) is 1. The molecule has 7 nitrogen and oxygen atoms in total. The van der Waals surface area contributed by atoms with Crippen molar-refractivity contribution in [3.63, 3.8) is 0 Å². The van der Waals surface area contributed by atoms with Crippen LogP contribution < -0.4 is 5.73 Å². The number of allylic oxidation sites excluding steroid dienone is 3. The second kappa shape index (κ2) is 8.70. The van der Waals surface area contributed by atoms with E-state index in [1.165, 1.54) is 0 Å². The van der Waals surface area contributed by atoms with Crippen LogP contribution >= 0.6 is 0 Å². The molecule has 168 valence electrons. The molecule has 3 aliphatic rings. The van der Waals surface area contributed by atoms with Gasteiger partial charge in [0.15, 0.2) is 5.78 Å². The number of nitriles is 1. The van der Waals surface area contributed by atoms with Gasteiger partial charge in [-0.2, -0.15) is 5.26 Å². The Kier molecular flexibility index (Phi) is 5.96. The SMILES string of the molecule is CC1(C)CC(=O)C2=C(C1)OC(N)=C(C#N)C2C1CCN(C(=O)OCc2ccccc2)CC1. The zero-order valence-corrected chi connectivity index (χ0v) is 18.6. The predicted octanol–water partition coefficient (Wildman–Crippen LogP) is 4.02. The van der Waals surface area contributed by atoms with Gasteiger partial charge in [0.05, 0.1) is 5.57 Å². The maximum Gasteiger partial charge on any atom is 0.410 e. The Morgan fingerprint density at radius 1 is 1.25 bits per heavy atom. The number of piperidine rings is 1. The van der Waals surface area contributed by atoms with E-state index in [4.69, 9.17) is 15.2 Å². The number of hydrogen-bond acceptors (Lipinski definition) is 6. The third-order valence-electron chi connectivity index (χ3n) is 6.59. The predicted molar refractivity (Wildman–Crippen MR) is 117 cm³/mol. The standard InChI is InChI=1S/C25H29N3O4/c1-25(2)12-19(29)22-20(13-25)32-23(27)18(14-26)21(22)17-8-10-28(11-9-17)24(30)31-15-16-6-4-3-5-7-16/h3-7,17,21H,8-13,15,27H2,1-2H3. The number of likely N-dealkylation sites (tertiary alicyclic amines) is 1. The molecule has 32 heavy (non-hydrogen) atoms. The third-order valence-corrected chi connectivity index (χ3v) is 6.59. The van der Waals surface area contributed by atoms with Crippen molar-refractivity contribution in [2.75, 3.05) is 13.1 Å². The van der Waals surface area contributed by atoms with E-state index in [-0.39, 0.29) is 41.6 Å². The van der Waals surface area contributed by atoms with Crippen molar-refractivity contribution in [1.29, 1.82) is 5.26 Å². The Morgan fingerprint density at radius 3 is 2.59 bits per heavy atom. The molecule has 1 aromatic carbocycles. The number of amides is 1. The molecule has 0 saturated carbocycles. The summed E-state index contributed by atoms with van der Waals surface area (Å²) in [4.78, 5) is 27.3. The molecule has 0 spiro atoms. The monoisotopic (exact) mass is 435 g/mol. The van der Waals surface area contributed by atoms with E-state index in [0.29, 0.717) is 55.7 Å². The molecule has 2 heterocycles. The van der Waals surface area contributed by atoms with Gasteiger partial charge in [0.1, 0.15) is 18.4 Å². The lowest BCUT2D eigenvalue weighted by molar-refractivity contribution is -0.119. The minimum atomic E-state index is -0.366. The van der Waals surface area contributed by atoms with Crippen LogP contribution in [0.4, 0.5) is 4.79 Å². The van der Waals surface area contributed by atoms with Crippen molar-refractivity contribution in [2.24, 2.45) is 23.0 Å². The molecule has 0 aromatic heterocycles. The molecular weight excluding hydrogens is 406 g/mol. The average Bonchev–Trinajstić information content (AvgIpc) is 2.76. The lowest BCUT2D eigenvalue weighted by Gasteiger charge is -2.41. The van der Waals surface area contributed by atoms with Crippen molar-refractivity contribution in [1.82, 2.24) is 4.90 Å². The number of ketones is 1. The molecule has 1 fully saturated rings. The summed E-state index contributed by atoms with van der Waals surface area (Å²) in [5.41, 5.74) is 7.79. The van der Waals surface area contributed by atoms with Crippen LogP contribution in [0.3, 0.4) is 0 Å². The van der Waals surface area contributed by atoms with Gasteiger partial charge < -0.3 is 20.1 Å². The number of rotatable bonds is 3. The van der Waals surface area contributed by atoms with Gasteiger partial charge in [-0.15, -0.1) is 0 Å². The van der Waals surface area contributed by atoms with E-state index in [9.17, 15) is 14.9 Å². The topological polar surface area (TPSA) is 106 Å². The third kappa shape index (κ3) is 4.36. The second-order valence-corrected chi connectivity index (χ2v) is 9.61. The maximum atomic E-state index is 13.1. The molecule has 1 unspecified atom stereocenters. The van der Waals surface area contributed by atoms with Gasteiger partial charge in [-0.3, -0.25) is 4.79 Å². The molecule has 0 bridgehead atoms. The van der Waals surface area contributed by atoms with Crippen LogP contribution in [0.25, 0.3) is 0 Å². The van der Waals surface area contributed by atoms with Gasteiger partial charge in [0.2, 0.25) is 5.88 Å². The number of ether oxygens (including phenoxy) is 2. The van der Waals surface area contributed by atoms with Gasteiger partial charge in [-0.05, 0) is 29.7 Å². The van der Waals surface area contributed by atoms with Crippen LogP contribution in [-0.4, -0.2) is 29.9 Å². The summed E-state index contributed by atoms with van der Waals surface area (Å²) in [6.45, 7) is 5.32. The first kappa shape index (κ1) is 21.9. The summed E-state index contributed by atoms with van der Waals surface area (Å²) >= 11 is 0. The summed E-state index contributed by atoms with van der Waals surface area (Å²) in [5.74, 6) is 0.422. The van der Waals surface area contributed by atoms with E-state index in [0.717, 1.165) is 5.56 Å². The molecular formula is C25H29N3O4. The zero-order valence-electron chi connectivity index (χ0n) is 18.6. The van der Waals surface area contributed by atoms with Crippen molar-refractivity contribution >= 4 is 11.9 Å². The normalized spacial score (nSPS) is 23.3. The largest absolute Gasteiger partial charge is 0.445 e. The summed E-state index contributed by atoms with van der Waals surface area (Å²) in [6.07, 6.45) is 2.03. The van der Waals surface area contributed by atoms with E-state index in [1.807, 2.05) is 44.2 Å². The van der Waals surface area contributed by atoms with E-state index in [2.05, 4.69) is 6.07 Å². The summed E-state index contributed by atoms with van der Waals surface area (Å²) in [6, 6.07) is 11.8. The van der Waals surface area contributed by atoms with E-state index in [1.54, 1.807) is 4.90 Å². The van der Waals surface area contributed by atoms with Crippen molar-refractivity contribution in [3.8, 4) is 6.07 Å². The molecule has 2 aliphatic heterocycles. The van der Waals surface area contributed by atoms with Crippen LogP contribution in [0.15, 0.2) is 53.1 Å². The maximum absolute atomic E-state index is 13.1. The second-order valence-electron chi connectivity index (χ2n) is 9.61. The van der Waals surface area contributed by atoms with Crippen LogP contribution in [0.1, 0.15) is 45.1 Å². The lowest BCUT2D eigenvalue weighted by atomic mass is 9.67. The van der Waals surface area contributed by atoms with Crippen LogP contribution in [0, 0.1) is 28.6 Å². The minimum absolute atomic E-state index is 0.0335. The molecule has 1 amide bonds. The van der Waals surface area contributed by atoms with E-state index >= 15 is 0 Å². The Hall–Kier alpha value is -3.27. The van der Waals surface area contributed by atoms with Crippen LogP contribution in [0.5, 0.6) is 0 Å². The Labute approximate surface area is 188 Å². The Balaban J connectivity index is 1.46. The highest BCUT2D eigenvalue weighted by Crippen LogP contribution is 2.48. The van der Waals surface area contributed by atoms with Gasteiger partial charge in [-0.25, -0.2) is 4.79 Å². The number of carbonyl (C=O) groups excluding carboxylic acids is 2. The Morgan fingerprint density at radius 2 is 1.94 bits per heavy atom. The summed E-state index contributed by atoms with van der Waals surface area (Å²) < 4.78 is 11.2. The van der Waals surface area contributed by atoms with E-state index < -0.39 is 0 Å². The fraction of sp³-hybridized carbons (Fsp3) is 0.480. The van der Waals surface area contributed by atoms with Gasteiger partial charge >= 0.3 is 6.09 Å². The quantitative estimate of drug-likeness (QED) is 0.769. The number of hydrogen-bond donors (Lipinski definition) is 1. The highest BCUT2D eigenvalue weighted by molar-refractivity contribution is 5.98. The van der Waals surface area contributed by atoms with Gasteiger partial charge in [0, 0.05) is 37.4 Å². The number of carbonyl (C=O) groups is 2. The minimum Gasteiger partial charge on any atom is -0.445 e. The van der Waals surface area contributed by atoms with Crippen LogP contribution in [0.2, 0.25) is 0 Å². The lowest BCUT2D eigenvalue weighted by Crippen LogP contribution is -2.43. The highest BCUT2D eigenvalue weighted by Gasteiger charge is 2.45. The zero-order chi connectivity index (χ0) is 22.9. The number of nitrogens with zero attached hydrogens (tertiary/aromatic N) is 2. The number of nitrogens with two attached hydrogens (primary N) is 1. The average molecular weight is 436 g/mol. The summed E-state index contributed by atoms with van der Waals surface area (Å²) in [5, 5.41) is 9.77. The first-order chi connectivity index (χ1) is 15.3. The molecule has 7 heteroatoms. The number of benzene rings is 1. The summed E-state index contributed by atoms with van der Waals surface area (Å²) in [7, 11) is 0. The molecule has 0 radical (unpaired) electrons. The molecule has 1 atom stereocenters. The fourth-order valence-corrected chi connectivity index (χ4v) is 5.02. The van der Waals surface area contributed by atoms with Crippen molar-refractivity contribution < 1.29 is 19.1 Å². The van der Waals surface area contributed by atoms with Gasteiger partial charge in [-0.1, -0.05) is 44.2 Å². The first-order valence-electron chi connectivity index (χ1n) is 11.1. The molecule has 1 aromatic rings. The fourth-order valence-electron chi connectivity index (χ4n) is 5.02. The molecule has 2 N–H and O–H groups in total. The molecule has 1 aliphatic carbocycles. The molecule has 1 saturated heterocycles. The van der Waals surface area contributed by atoms with Crippen LogP contribution in [-0.2, 0) is 20.9 Å². The highest BCUT2D eigenvalue weighted by atomic mass is 16.6. The Bertz CT molecular complexity index is 1010. The molecule has 4 rings (SSSR count).